The summed E-state index contributed by atoms with van der Waals surface area (Å²) in [5.41, 5.74) is 0.347. The SMILES string of the molecule is CC.CNc1cc(F)c(C)cc1[N+](=O)[O-]. The Bertz CT molecular complexity index is 354. The van der Waals surface area contributed by atoms with Gasteiger partial charge in [0.2, 0.25) is 0 Å². The normalized spacial score (nSPS) is 8.87. The lowest BCUT2D eigenvalue weighted by molar-refractivity contribution is -0.384. The molecule has 84 valence electrons. The second-order valence-electron chi connectivity index (χ2n) is 2.63. The largest absolute Gasteiger partial charge is 0.382 e. The van der Waals surface area contributed by atoms with Crippen LogP contribution in [0.15, 0.2) is 12.1 Å². The van der Waals surface area contributed by atoms with Crippen LogP contribution in [0.5, 0.6) is 0 Å². The first-order valence-electron chi connectivity index (χ1n) is 4.68. The average Bonchev–Trinajstić information content (AvgIpc) is 2.24. The molecule has 0 atom stereocenters. The summed E-state index contributed by atoms with van der Waals surface area (Å²) in [6.45, 7) is 5.49. The number of nitro groups is 1. The van der Waals surface area contributed by atoms with Gasteiger partial charge in [0.1, 0.15) is 11.5 Å². The van der Waals surface area contributed by atoms with Crippen LogP contribution in [0.25, 0.3) is 0 Å². The predicted octanol–water partition coefficient (Wildman–Crippen LogP) is 3.11. The van der Waals surface area contributed by atoms with Gasteiger partial charge in [-0.2, -0.15) is 0 Å². The van der Waals surface area contributed by atoms with Crippen LogP contribution in [-0.2, 0) is 0 Å². The van der Waals surface area contributed by atoms with Gasteiger partial charge in [-0.05, 0) is 12.5 Å². The summed E-state index contributed by atoms with van der Waals surface area (Å²) in [6, 6.07) is 2.33. The van der Waals surface area contributed by atoms with Crippen LogP contribution in [0, 0.1) is 22.9 Å². The first-order valence-corrected chi connectivity index (χ1v) is 4.68. The zero-order chi connectivity index (χ0) is 12.0. The van der Waals surface area contributed by atoms with E-state index in [9.17, 15) is 14.5 Å². The highest BCUT2D eigenvalue weighted by Crippen LogP contribution is 2.26. The number of nitrogens with zero attached hydrogens (tertiary/aromatic N) is 1. The first kappa shape index (κ1) is 13.4. The van der Waals surface area contributed by atoms with Gasteiger partial charge in [-0.1, -0.05) is 13.8 Å². The molecule has 0 aliphatic rings. The van der Waals surface area contributed by atoms with Gasteiger partial charge in [0.15, 0.2) is 0 Å². The van der Waals surface area contributed by atoms with Crippen molar-refractivity contribution < 1.29 is 9.31 Å². The van der Waals surface area contributed by atoms with Crippen LogP contribution in [0.2, 0.25) is 0 Å². The molecular weight excluding hydrogens is 199 g/mol. The molecule has 0 saturated heterocycles. The van der Waals surface area contributed by atoms with Crippen molar-refractivity contribution in [1.82, 2.24) is 0 Å². The van der Waals surface area contributed by atoms with Gasteiger partial charge in [0.25, 0.3) is 5.69 Å². The number of nitrogens with one attached hydrogen (secondary N) is 1. The molecule has 1 rings (SSSR count). The number of benzene rings is 1. The third-order valence-corrected chi connectivity index (χ3v) is 1.74. The molecule has 0 radical (unpaired) electrons. The molecule has 15 heavy (non-hydrogen) atoms. The van der Waals surface area contributed by atoms with Crippen LogP contribution in [-0.4, -0.2) is 12.0 Å². The molecule has 0 unspecified atom stereocenters. The van der Waals surface area contributed by atoms with Crippen LogP contribution in [0.4, 0.5) is 15.8 Å². The van der Waals surface area contributed by atoms with Crippen LogP contribution >= 0.6 is 0 Å². The highest BCUT2D eigenvalue weighted by Gasteiger charge is 2.15. The molecule has 0 aliphatic carbocycles. The lowest BCUT2D eigenvalue weighted by atomic mass is 10.2. The van der Waals surface area contributed by atoms with Crippen LogP contribution in [0.3, 0.4) is 0 Å². The second kappa shape index (κ2) is 5.95. The summed E-state index contributed by atoms with van der Waals surface area (Å²) in [6.07, 6.45) is 0. The maximum atomic E-state index is 12.9. The summed E-state index contributed by atoms with van der Waals surface area (Å²) in [7, 11) is 1.51. The first-order chi connectivity index (χ1) is 7.06. The molecule has 4 nitrogen and oxygen atoms in total. The van der Waals surface area contributed by atoms with E-state index in [1.807, 2.05) is 13.8 Å². The number of anilines is 1. The molecule has 1 aromatic rings. The Kier molecular flexibility index (Phi) is 5.30. The van der Waals surface area contributed by atoms with E-state index in [4.69, 9.17) is 0 Å². The van der Waals surface area contributed by atoms with Crippen molar-refractivity contribution in [2.75, 3.05) is 12.4 Å². The monoisotopic (exact) mass is 214 g/mol. The minimum absolute atomic E-state index is 0.110. The molecule has 0 spiro atoms. The quantitative estimate of drug-likeness (QED) is 0.607. The Hall–Kier alpha value is -1.65. The standard InChI is InChI=1S/C8H9FN2O2.C2H6/c1-5-3-8(11(12)13)7(10-2)4-6(5)9;1-2/h3-4,10H,1-2H3;1-2H3. The Balaban J connectivity index is 0.000000921. The Morgan fingerprint density at radius 1 is 1.40 bits per heavy atom. The third-order valence-electron chi connectivity index (χ3n) is 1.74. The van der Waals surface area contributed by atoms with Gasteiger partial charge in [0, 0.05) is 19.2 Å². The molecule has 1 aromatic carbocycles. The molecule has 0 aliphatic heterocycles. The molecule has 1 N–H and O–H groups in total. The van der Waals surface area contributed by atoms with Gasteiger partial charge in [-0.3, -0.25) is 10.1 Å². The highest BCUT2D eigenvalue weighted by atomic mass is 19.1. The summed E-state index contributed by atoms with van der Waals surface area (Å²) < 4.78 is 12.9. The Morgan fingerprint density at radius 3 is 2.33 bits per heavy atom. The summed E-state index contributed by atoms with van der Waals surface area (Å²) in [4.78, 5) is 9.94. The Labute approximate surface area is 88.3 Å². The lowest BCUT2D eigenvalue weighted by Crippen LogP contribution is -1.98. The lowest BCUT2D eigenvalue weighted by Gasteiger charge is -2.03. The van der Waals surface area contributed by atoms with E-state index in [0.29, 0.717) is 0 Å². The number of aryl methyl sites for hydroxylation is 1. The fourth-order valence-corrected chi connectivity index (χ4v) is 1.02. The van der Waals surface area contributed by atoms with Crippen molar-refractivity contribution in [3.8, 4) is 0 Å². The van der Waals surface area contributed by atoms with Crippen LogP contribution in [0.1, 0.15) is 19.4 Å². The van der Waals surface area contributed by atoms with Crippen molar-refractivity contribution >= 4 is 11.4 Å². The van der Waals surface area contributed by atoms with E-state index in [0.717, 1.165) is 6.07 Å². The summed E-state index contributed by atoms with van der Waals surface area (Å²) in [5, 5.41) is 13.1. The molecule has 0 bridgehead atoms. The van der Waals surface area contributed by atoms with Crippen molar-refractivity contribution in [3.63, 3.8) is 0 Å². The second-order valence-corrected chi connectivity index (χ2v) is 2.63. The van der Waals surface area contributed by atoms with Crippen LogP contribution < -0.4 is 5.32 Å². The van der Waals surface area contributed by atoms with Crippen molar-refractivity contribution in [2.24, 2.45) is 0 Å². The highest BCUT2D eigenvalue weighted by molar-refractivity contribution is 5.62. The molecule has 0 heterocycles. The maximum absolute atomic E-state index is 12.9. The molecule has 0 amide bonds. The number of halogens is 1. The Morgan fingerprint density at radius 2 is 1.93 bits per heavy atom. The number of hydrogen-bond donors (Lipinski definition) is 1. The number of nitro benzene ring substituents is 1. The van der Waals surface area contributed by atoms with Crippen molar-refractivity contribution in [1.29, 1.82) is 0 Å². The zero-order valence-corrected chi connectivity index (χ0v) is 9.30. The van der Waals surface area contributed by atoms with E-state index < -0.39 is 10.7 Å². The fourth-order valence-electron chi connectivity index (χ4n) is 1.02. The molecule has 0 saturated carbocycles. The minimum atomic E-state index is -0.543. The summed E-state index contributed by atoms with van der Waals surface area (Å²) in [5.74, 6) is -0.449. The maximum Gasteiger partial charge on any atom is 0.292 e. The van der Waals surface area contributed by atoms with Gasteiger partial charge in [-0.25, -0.2) is 4.39 Å². The van der Waals surface area contributed by atoms with E-state index >= 15 is 0 Å². The molecule has 5 heteroatoms. The van der Waals surface area contributed by atoms with Crippen molar-refractivity contribution in [3.05, 3.63) is 33.6 Å². The number of rotatable bonds is 2. The summed E-state index contributed by atoms with van der Waals surface area (Å²) >= 11 is 0. The van der Waals surface area contributed by atoms with E-state index in [2.05, 4.69) is 5.32 Å². The minimum Gasteiger partial charge on any atom is -0.382 e. The van der Waals surface area contributed by atoms with Gasteiger partial charge in [-0.15, -0.1) is 0 Å². The predicted molar refractivity (Wildman–Crippen MR) is 58.7 cm³/mol. The molecule has 0 aromatic heterocycles. The van der Waals surface area contributed by atoms with E-state index in [-0.39, 0.29) is 16.9 Å². The zero-order valence-electron chi connectivity index (χ0n) is 9.30. The van der Waals surface area contributed by atoms with E-state index in [1.54, 1.807) is 0 Å². The fraction of sp³-hybridized carbons (Fsp3) is 0.400. The van der Waals surface area contributed by atoms with Crippen molar-refractivity contribution in [2.45, 2.75) is 20.8 Å². The van der Waals surface area contributed by atoms with Gasteiger partial charge < -0.3 is 5.32 Å². The molecular formula is C10H15FN2O2. The van der Waals surface area contributed by atoms with E-state index in [1.165, 1.54) is 20.0 Å². The third kappa shape index (κ3) is 3.19. The average molecular weight is 214 g/mol. The smallest absolute Gasteiger partial charge is 0.292 e. The topological polar surface area (TPSA) is 55.2 Å². The molecule has 0 fully saturated rings. The van der Waals surface area contributed by atoms with Gasteiger partial charge >= 0.3 is 0 Å². The number of hydrogen-bond acceptors (Lipinski definition) is 3. The van der Waals surface area contributed by atoms with Gasteiger partial charge in [0.05, 0.1) is 4.92 Å².